The highest BCUT2D eigenvalue weighted by molar-refractivity contribution is 5.95. The van der Waals surface area contributed by atoms with Crippen molar-refractivity contribution in [3.63, 3.8) is 0 Å². The minimum Gasteiger partial charge on any atom is -0.355 e. The number of nitrogens with one attached hydrogen (secondary N) is 3. The van der Waals surface area contributed by atoms with Crippen LogP contribution in [0.2, 0.25) is 0 Å². The number of hydrogen-bond acceptors (Lipinski definition) is 6. The number of hydroxylamine groups is 1. The number of amides is 3. The predicted molar refractivity (Wildman–Crippen MR) is 124 cm³/mol. The van der Waals surface area contributed by atoms with Crippen LogP contribution in [-0.4, -0.2) is 28.1 Å². The van der Waals surface area contributed by atoms with Gasteiger partial charge in [0, 0.05) is 35.3 Å². The van der Waals surface area contributed by atoms with E-state index in [4.69, 9.17) is 9.73 Å². The number of aromatic nitrogens is 1. The van der Waals surface area contributed by atoms with E-state index in [2.05, 4.69) is 15.8 Å². The van der Waals surface area contributed by atoms with Crippen molar-refractivity contribution >= 4 is 23.4 Å². The summed E-state index contributed by atoms with van der Waals surface area (Å²) in [6.07, 6.45) is 5.22. The maximum Gasteiger partial charge on any atom is 0.274 e. The van der Waals surface area contributed by atoms with Crippen LogP contribution in [0.15, 0.2) is 59.1 Å². The molecular weight excluding hydrogens is 436 g/mol. The summed E-state index contributed by atoms with van der Waals surface area (Å²) < 4.78 is 5.36. The van der Waals surface area contributed by atoms with Gasteiger partial charge in [0.05, 0.1) is 0 Å². The molecule has 2 aromatic carbocycles. The van der Waals surface area contributed by atoms with Crippen molar-refractivity contribution in [1.82, 2.24) is 16.0 Å². The number of nitrogens with zero attached hydrogens (tertiary/aromatic N) is 1. The molecule has 3 amide bonds. The van der Waals surface area contributed by atoms with Crippen LogP contribution in [-0.2, 0) is 11.3 Å². The van der Waals surface area contributed by atoms with Gasteiger partial charge in [0.1, 0.15) is 0 Å². The zero-order valence-corrected chi connectivity index (χ0v) is 18.5. The van der Waals surface area contributed by atoms with Crippen molar-refractivity contribution in [2.75, 3.05) is 5.32 Å². The lowest BCUT2D eigenvalue weighted by Gasteiger charge is -2.20. The molecule has 0 spiro atoms. The van der Waals surface area contributed by atoms with Crippen molar-refractivity contribution in [2.24, 2.45) is 5.92 Å². The fourth-order valence-corrected chi connectivity index (χ4v) is 3.99. The van der Waals surface area contributed by atoms with Gasteiger partial charge in [-0.1, -0.05) is 48.7 Å². The second-order valence-electron chi connectivity index (χ2n) is 8.30. The normalized spacial score (nSPS) is 13.8. The third-order valence-electron chi connectivity index (χ3n) is 5.90. The Morgan fingerprint density at radius 1 is 0.971 bits per heavy atom. The van der Waals surface area contributed by atoms with E-state index < -0.39 is 11.8 Å². The molecule has 0 unspecified atom stereocenters. The molecule has 1 fully saturated rings. The van der Waals surface area contributed by atoms with Crippen molar-refractivity contribution in [1.29, 1.82) is 0 Å². The Morgan fingerprint density at radius 2 is 1.74 bits per heavy atom. The Balaban J connectivity index is 1.36. The minimum absolute atomic E-state index is 0.0412. The third-order valence-corrected chi connectivity index (χ3v) is 5.90. The molecular formula is C25H26N4O5. The van der Waals surface area contributed by atoms with Crippen molar-refractivity contribution in [2.45, 2.75) is 38.6 Å². The van der Waals surface area contributed by atoms with E-state index in [1.165, 1.54) is 6.42 Å². The first kappa shape index (κ1) is 23.2. The topological polar surface area (TPSA) is 134 Å². The highest BCUT2D eigenvalue weighted by Crippen LogP contribution is 2.27. The molecule has 0 radical (unpaired) electrons. The van der Waals surface area contributed by atoms with Gasteiger partial charge >= 0.3 is 0 Å². The van der Waals surface area contributed by atoms with Gasteiger partial charge in [0.15, 0.2) is 11.5 Å². The summed E-state index contributed by atoms with van der Waals surface area (Å²) in [5.74, 6) is -0.504. The number of rotatable bonds is 7. The van der Waals surface area contributed by atoms with E-state index in [1.54, 1.807) is 41.9 Å². The largest absolute Gasteiger partial charge is 0.355 e. The second-order valence-corrected chi connectivity index (χ2v) is 8.30. The number of carbonyl (C=O) groups excluding carboxylic acids is 3. The molecule has 1 aromatic heterocycles. The van der Waals surface area contributed by atoms with Crippen LogP contribution in [0, 0.1) is 5.92 Å². The summed E-state index contributed by atoms with van der Waals surface area (Å²) in [6.45, 7) is 0.227. The predicted octanol–water partition coefficient (Wildman–Crippen LogP) is 3.91. The molecule has 0 atom stereocenters. The standard InChI is InChI=1S/C25H26N4O5/c30-23(17-5-2-1-3-6-17)27-20-8-4-7-19(13-20)22-14-21(29-34-22)25(32)26-15-16-9-11-18(12-10-16)24(31)28-33/h4,7-14,17,33H,1-3,5-6,15H2,(H,26,32)(H,27,30)(H,28,31). The molecule has 4 rings (SSSR count). The molecule has 9 heteroatoms. The Bertz CT molecular complexity index is 1170. The third kappa shape index (κ3) is 5.68. The van der Waals surface area contributed by atoms with Crippen molar-refractivity contribution in [3.8, 4) is 11.3 Å². The first-order valence-corrected chi connectivity index (χ1v) is 11.2. The lowest BCUT2D eigenvalue weighted by molar-refractivity contribution is -0.120. The summed E-state index contributed by atoms with van der Waals surface area (Å²) in [7, 11) is 0. The van der Waals surface area contributed by atoms with E-state index in [-0.39, 0.29) is 24.1 Å². The maximum absolute atomic E-state index is 12.5. The van der Waals surface area contributed by atoms with Gasteiger partial charge in [0.2, 0.25) is 5.91 Å². The fourth-order valence-electron chi connectivity index (χ4n) is 3.99. The average Bonchev–Trinajstić information content (AvgIpc) is 3.38. The lowest BCUT2D eigenvalue weighted by atomic mass is 9.88. The van der Waals surface area contributed by atoms with E-state index in [9.17, 15) is 14.4 Å². The fraction of sp³-hybridized carbons (Fsp3) is 0.280. The number of anilines is 1. The first-order chi connectivity index (χ1) is 16.5. The van der Waals surface area contributed by atoms with Gasteiger partial charge < -0.3 is 15.2 Å². The van der Waals surface area contributed by atoms with Crippen LogP contribution in [0.5, 0.6) is 0 Å². The molecule has 1 aliphatic carbocycles. The van der Waals surface area contributed by atoms with E-state index in [0.29, 0.717) is 22.6 Å². The number of carbonyl (C=O) groups is 3. The quantitative estimate of drug-likeness (QED) is 0.311. The van der Waals surface area contributed by atoms with Crippen LogP contribution in [0.25, 0.3) is 11.3 Å². The molecule has 0 saturated heterocycles. The summed E-state index contributed by atoms with van der Waals surface area (Å²) >= 11 is 0. The summed E-state index contributed by atoms with van der Waals surface area (Å²) in [5.41, 5.74) is 4.14. The Kier molecular flexibility index (Phi) is 7.34. The SMILES string of the molecule is O=C(NO)c1ccc(CNC(=O)c2cc(-c3cccc(NC(=O)C4CCCCC4)c3)on2)cc1. The van der Waals surface area contributed by atoms with Gasteiger partial charge in [-0.3, -0.25) is 19.6 Å². The molecule has 1 saturated carbocycles. The highest BCUT2D eigenvalue weighted by atomic mass is 16.5. The van der Waals surface area contributed by atoms with Crippen LogP contribution < -0.4 is 16.1 Å². The molecule has 4 N–H and O–H groups in total. The monoisotopic (exact) mass is 462 g/mol. The first-order valence-electron chi connectivity index (χ1n) is 11.2. The number of benzene rings is 2. The Labute approximate surface area is 196 Å². The smallest absolute Gasteiger partial charge is 0.274 e. The average molecular weight is 463 g/mol. The van der Waals surface area contributed by atoms with Gasteiger partial charge in [0.25, 0.3) is 11.8 Å². The molecule has 1 heterocycles. The number of hydrogen-bond donors (Lipinski definition) is 4. The Morgan fingerprint density at radius 3 is 2.47 bits per heavy atom. The molecule has 34 heavy (non-hydrogen) atoms. The van der Waals surface area contributed by atoms with E-state index in [1.807, 2.05) is 18.2 Å². The van der Waals surface area contributed by atoms with Gasteiger partial charge in [-0.2, -0.15) is 0 Å². The van der Waals surface area contributed by atoms with E-state index in [0.717, 1.165) is 31.2 Å². The van der Waals surface area contributed by atoms with Crippen LogP contribution in [0.1, 0.15) is 58.5 Å². The molecule has 9 nitrogen and oxygen atoms in total. The summed E-state index contributed by atoms with van der Waals surface area (Å²) in [5, 5.41) is 18.3. The van der Waals surface area contributed by atoms with Crippen molar-refractivity contribution < 1.29 is 24.1 Å². The van der Waals surface area contributed by atoms with Crippen LogP contribution >= 0.6 is 0 Å². The lowest BCUT2D eigenvalue weighted by Crippen LogP contribution is -2.24. The molecule has 1 aliphatic rings. The van der Waals surface area contributed by atoms with Gasteiger partial charge in [-0.05, 0) is 42.7 Å². The maximum atomic E-state index is 12.5. The zero-order chi connectivity index (χ0) is 23.9. The van der Waals surface area contributed by atoms with Crippen LogP contribution in [0.3, 0.4) is 0 Å². The zero-order valence-electron chi connectivity index (χ0n) is 18.5. The minimum atomic E-state index is -0.608. The van der Waals surface area contributed by atoms with Crippen LogP contribution in [0.4, 0.5) is 5.69 Å². The second kappa shape index (κ2) is 10.8. The molecule has 176 valence electrons. The Hall–Kier alpha value is -3.98. The molecule has 3 aromatic rings. The summed E-state index contributed by atoms with van der Waals surface area (Å²) in [4.78, 5) is 36.4. The molecule has 0 bridgehead atoms. The summed E-state index contributed by atoms with van der Waals surface area (Å²) in [6, 6.07) is 15.2. The van der Waals surface area contributed by atoms with Crippen molar-refractivity contribution in [3.05, 3.63) is 71.4 Å². The van der Waals surface area contributed by atoms with Gasteiger partial charge in [-0.15, -0.1) is 0 Å². The molecule has 0 aliphatic heterocycles. The van der Waals surface area contributed by atoms with E-state index >= 15 is 0 Å². The highest BCUT2D eigenvalue weighted by Gasteiger charge is 2.21. The van der Waals surface area contributed by atoms with Gasteiger partial charge in [-0.25, -0.2) is 5.48 Å².